The molecule has 0 saturated carbocycles. The molecule has 1 aliphatic rings. The lowest BCUT2D eigenvalue weighted by Gasteiger charge is -2.35. The summed E-state index contributed by atoms with van der Waals surface area (Å²) < 4.78 is 42.9. The Labute approximate surface area is 138 Å². The van der Waals surface area contributed by atoms with E-state index in [0.29, 0.717) is 30.7 Å². The molecule has 2 heterocycles. The van der Waals surface area contributed by atoms with E-state index in [1.165, 1.54) is 18.1 Å². The summed E-state index contributed by atoms with van der Waals surface area (Å²) in [6.45, 7) is 2.54. The van der Waals surface area contributed by atoms with Crippen LogP contribution in [0.2, 0.25) is 0 Å². The van der Waals surface area contributed by atoms with Gasteiger partial charge in [0, 0.05) is 19.6 Å². The quantitative estimate of drug-likeness (QED) is 0.842. The van der Waals surface area contributed by atoms with Gasteiger partial charge in [0.05, 0.1) is 17.7 Å². The minimum atomic E-state index is -4.43. The summed E-state index contributed by atoms with van der Waals surface area (Å²) in [5.41, 5.74) is 0.422. The lowest BCUT2D eigenvalue weighted by molar-refractivity contribution is -0.164. The van der Waals surface area contributed by atoms with Crippen molar-refractivity contribution in [2.45, 2.75) is 32.9 Å². The molecule has 0 N–H and O–H groups in total. The lowest BCUT2D eigenvalue weighted by Crippen LogP contribution is -2.48. The van der Waals surface area contributed by atoms with E-state index in [-0.39, 0.29) is 19.0 Å². The van der Waals surface area contributed by atoms with Gasteiger partial charge in [-0.3, -0.25) is 9.59 Å². The average molecular weight is 346 g/mol. The third-order valence-electron chi connectivity index (χ3n) is 4.21. The first-order chi connectivity index (χ1) is 11.2. The fourth-order valence-electron chi connectivity index (χ4n) is 2.96. The maximum atomic E-state index is 12.6. The van der Waals surface area contributed by atoms with Gasteiger partial charge in [0.25, 0.3) is 5.91 Å². The molecule has 0 bridgehead atoms. The Bertz CT molecular complexity index is 598. The van der Waals surface area contributed by atoms with E-state index >= 15 is 0 Å². The second-order valence-corrected chi connectivity index (χ2v) is 5.95. The van der Waals surface area contributed by atoms with Gasteiger partial charge in [-0.25, -0.2) is 0 Å². The van der Waals surface area contributed by atoms with E-state index in [4.69, 9.17) is 4.42 Å². The highest BCUT2D eigenvalue weighted by atomic mass is 19.4. The number of furan rings is 1. The Hall–Kier alpha value is -1.99. The second kappa shape index (κ2) is 7.27. The zero-order valence-corrected chi connectivity index (χ0v) is 13.7. The molecule has 5 nitrogen and oxygen atoms in total. The molecule has 0 radical (unpaired) electrons. The summed E-state index contributed by atoms with van der Waals surface area (Å²) in [5.74, 6) is -0.910. The van der Waals surface area contributed by atoms with Gasteiger partial charge in [0.15, 0.2) is 0 Å². The Kier molecular flexibility index (Phi) is 5.56. The van der Waals surface area contributed by atoms with E-state index in [9.17, 15) is 22.8 Å². The number of hydrogen-bond donors (Lipinski definition) is 0. The zero-order valence-electron chi connectivity index (χ0n) is 13.7. The summed E-state index contributed by atoms with van der Waals surface area (Å²) in [6, 6.07) is 1.56. The summed E-state index contributed by atoms with van der Waals surface area (Å²) >= 11 is 0. The van der Waals surface area contributed by atoms with Crippen LogP contribution in [0.3, 0.4) is 0 Å². The summed E-state index contributed by atoms with van der Waals surface area (Å²) in [4.78, 5) is 27.2. The number of carbonyl (C=O) groups excluding carboxylic acids is 2. The Balaban J connectivity index is 2.05. The van der Waals surface area contributed by atoms with Gasteiger partial charge in [-0.1, -0.05) is 0 Å². The van der Waals surface area contributed by atoms with Crippen molar-refractivity contribution in [3.63, 3.8) is 0 Å². The Morgan fingerprint density at radius 2 is 2.12 bits per heavy atom. The van der Waals surface area contributed by atoms with Gasteiger partial charge < -0.3 is 14.2 Å². The number of likely N-dealkylation sites (tertiary alicyclic amines) is 1. The molecule has 1 atom stereocenters. The van der Waals surface area contributed by atoms with Crippen molar-refractivity contribution in [3.05, 3.63) is 23.7 Å². The van der Waals surface area contributed by atoms with Crippen molar-refractivity contribution < 1.29 is 27.2 Å². The number of piperidine rings is 1. The first-order valence-electron chi connectivity index (χ1n) is 7.91. The molecule has 1 aromatic rings. The number of hydrogen-bond acceptors (Lipinski definition) is 3. The van der Waals surface area contributed by atoms with Crippen molar-refractivity contribution in [1.82, 2.24) is 9.80 Å². The van der Waals surface area contributed by atoms with Gasteiger partial charge in [-0.15, -0.1) is 0 Å². The largest absolute Gasteiger partial charge is 0.469 e. The number of aryl methyl sites for hydroxylation is 1. The minimum absolute atomic E-state index is 0.0103. The van der Waals surface area contributed by atoms with Crippen LogP contribution in [0, 0.1) is 12.8 Å². The summed E-state index contributed by atoms with van der Waals surface area (Å²) in [5, 5.41) is 0. The van der Waals surface area contributed by atoms with Crippen LogP contribution in [-0.4, -0.2) is 54.0 Å². The standard InChI is InChI=1S/C16H21F3N2O3/c1-3-20(10-16(17,18)19)14(22)12-5-4-7-21(9-12)15(23)13-6-8-24-11(13)2/h6,8,12H,3-5,7,9-10H2,1-2H3. The predicted molar refractivity (Wildman–Crippen MR) is 80.4 cm³/mol. The minimum Gasteiger partial charge on any atom is -0.469 e. The molecule has 2 rings (SSSR count). The molecule has 1 unspecified atom stereocenters. The number of rotatable bonds is 4. The molecule has 1 fully saturated rings. The van der Waals surface area contributed by atoms with Crippen molar-refractivity contribution >= 4 is 11.8 Å². The smallest absolute Gasteiger partial charge is 0.406 e. The van der Waals surface area contributed by atoms with Crippen LogP contribution in [0.15, 0.2) is 16.7 Å². The number of amides is 2. The molecule has 134 valence electrons. The van der Waals surface area contributed by atoms with Gasteiger partial charge in [-0.05, 0) is 32.8 Å². The third-order valence-corrected chi connectivity index (χ3v) is 4.21. The maximum absolute atomic E-state index is 12.6. The molecule has 2 amide bonds. The van der Waals surface area contributed by atoms with Gasteiger partial charge in [0.2, 0.25) is 5.91 Å². The van der Waals surface area contributed by atoms with Gasteiger partial charge in [-0.2, -0.15) is 13.2 Å². The number of alkyl halides is 3. The first kappa shape index (κ1) is 18.4. The molecule has 1 saturated heterocycles. The summed E-state index contributed by atoms with van der Waals surface area (Å²) in [7, 11) is 0. The van der Waals surface area contributed by atoms with Crippen molar-refractivity contribution in [3.8, 4) is 0 Å². The molecule has 8 heteroatoms. The molecule has 1 aromatic heterocycles. The molecule has 0 aromatic carbocycles. The Morgan fingerprint density at radius 1 is 1.42 bits per heavy atom. The van der Waals surface area contributed by atoms with Crippen LogP contribution < -0.4 is 0 Å². The maximum Gasteiger partial charge on any atom is 0.406 e. The SMILES string of the molecule is CCN(CC(F)(F)F)C(=O)C1CCCN(C(=O)c2ccoc2C)C1. The normalized spacial score (nSPS) is 18.5. The van der Waals surface area contributed by atoms with E-state index in [1.807, 2.05) is 0 Å². The molecule has 24 heavy (non-hydrogen) atoms. The van der Waals surface area contributed by atoms with Crippen LogP contribution in [-0.2, 0) is 4.79 Å². The summed E-state index contributed by atoms with van der Waals surface area (Å²) in [6.07, 6.45) is -1.94. The lowest BCUT2D eigenvalue weighted by atomic mass is 9.95. The van der Waals surface area contributed by atoms with Crippen LogP contribution in [0.25, 0.3) is 0 Å². The van der Waals surface area contributed by atoms with E-state index in [1.54, 1.807) is 13.0 Å². The second-order valence-electron chi connectivity index (χ2n) is 5.95. The highest BCUT2D eigenvalue weighted by molar-refractivity contribution is 5.95. The van der Waals surface area contributed by atoms with Gasteiger partial charge >= 0.3 is 6.18 Å². The van der Waals surface area contributed by atoms with Crippen LogP contribution in [0.4, 0.5) is 13.2 Å². The molecule has 1 aliphatic heterocycles. The highest BCUT2D eigenvalue weighted by Crippen LogP contribution is 2.24. The number of nitrogens with zero attached hydrogens (tertiary/aromatic N) is 2. The first-order valence-corrected chi connectivity index (χ1v) is 7.91. The molecule has 0 aliphatic carbocycles. The fourth-order valence-corrected chi connectivity index (χ4v) is 2.96. The predicted octanol–water partition coefficient (Wildman–Crippen LogP) is 2.85. The number of halogens is 3. The van der Waals surface area contributed by atoms with E-state index in [2.05, 4.69) is 0 Å². The topological polar surface area (TPSA) is 53.8 Å². The molecule has 0 spiro atoms. The van der Waals surface area contributed by atoms with Crippen molar-refractivity contribution in [1.29, 1.82) is 0 Å². The van der Waals surface area contributed by atoms with Crippen LogP contribution in [0.1, 0.15) is 35.9 Å². The third kappa shape index (κ3) is 4.30. The fraction of sp³-hybridized carbons (Fsp3) is 0.625. The van der Waals surface area contributed by atoms with E-state index in [0.717, 1.165) is 4.90 Å². The van der Waals surface area contributed by atoms with Crippen molar-refractivity contribution in [2.75, 3.05) is 26.2 Å². The Morgan fingerprint density at radius 3 is 2.67 bits per heavy atom. The van der Waals surface area contributed by atoms with Crippen molar-refractivity contribution in [2.24, 2.45) is 5.92 Å². The van der Waals surface area contributed by atoms with Crippen LogP contribution in [0.5, 0.6) is 0 Å². The van der Waals surface area contributed by atoms with Crippen LogP contribution >= 0.6 is 0 Å². The van der Waals surface area contributed by atoms with Gasteiger partial charge in [0.1, 0.15) is 12.3 Å². The zero-order chi connectivity index (χ0) is 17.9. The highest BCUT2D eigenvalue weighted by Gasteiger charge is 2.37. The monoisotopic (exact) mass is 346 g/mol. The number of carbonyl (C=O) groups is 2. The van der Waals surface area contributed by atoms with E-state index < -0.39 is 24.5 Å². The molecular weight excluding hydrogens is 325 g/mol. The molecular formula is C16H21F3N2O3. The average Bonchev–Trinajstić information content (AvgIpc) is 2.96.